The lowest BCUT2D eigenvalue weighted by atomic mass is 10.2. The zero-order valence-corrected chi connectivity index (χ0v) is 14.4. The van der Waals surface area contributed by atoms with Crippen LogP contribution in [-0.2, 0) is 0 Å². The van der Waals surface area contributed by atoms with Gasteiger partial charge in [0, 0.05) is 22.8 Å². The molecule has 4 aromatic rings. The Labute approximate surface area is 157 Å². The second-order valence-electron chi connectivity index (χ2n) is 5.70. The molecule has 10 heteroatoms. The second-order valence-corrected chi connectivity index (χ2v) is 5.70. The maximum atomic E-state index is 11.9. The van der Waals surface area contributed by atoms with Gasteiger partial charge in [-0.25, -0.2) is 9.97 Å². The van der Waals surface area contributed by atoms with Crippen LogP contribution in [0.5, 0.6) is 11.5 Å². The van der Waals surface area contributed by atoms with Crippen LogP contribution in [0.4, 0.5) is 11.5 Å². The molecule has 0 amide bonds. The van der Waals surface area contributed by atoms with Crippen LogP contribution >= 0.6 is 0 Å². The number of rotatable bonds is 5. The summed E-state index contributed by atoms with van der Waals surface area (Å²) in [5, 5.41) is 27.8. The lowest BCUT2D eigenvalue weighted by Gasteiger charge is -2.12. The van der Waals surface area contributed by atoms with Gasteiger partial charge in [0.25, 0.3) is 5.69 Å². The first-order chi connectivity index (χ1) is 13.6. The molecule has 0 fully saturated rings. The first-order valence-corrected chi connectivity index (χ1v) is 8.03. The standard InChI is InChI=1S/C18H13N5O5/c1-27-14-7-10(6-12(16(14)24)23(25)26)8-21-22-18-17-15(19-9-20-18)11-4-2-3-5-13(11)28-17/h2-9,24H,1H3,(H,19,20,22)/p-1/b21-8-. The highest BCUT2D eigenvalue weighted by molar-refractivity contribution is 6.05. The largest absolute Gasteiger partial charge is 0.865 e. The van der Waals surface area contributed by atoms with Crippen LogP contribution in [0.3, 0.4) is 0 Å². The number of hydrogen-bond donors (Lipinski definition) is 1. The lowest BCUT2D eigenvalue weighted by molar-refractivity contribution is -0.398. The van der Waals surface area contributed by atoms with Crippen molar-refractivity contribution in [2.24, 2.45) is 5.10 Å². The van der Waals surface area contributed by atoms with Crippen molar-refractivity contribution in [3.63, 3.8) is 0 Å². The van der Waals surface area contributed by atoms with E-state index >= 15 is 0 Å². The minimum atomic E-state index is -0.794. The number of nitrogens with one attached hydrogen (secondary N) is 1. The van der Waals surface area contributed by atoms with Crippen molar-refractivity contribution in [1.82, 2.24) is 9.97 Å². The Kier molecular flexibility index (Phi) is 4.20. The fraction of sp³-hybridized carbons (Fsp3) is 0.0556. The van der Waals surface area contributed by atoms with E-state index < -0.39 is 16.4 Å². The number of benzene rings is 2. The summed E-state index contributed by atoms with van der Waals surface area (Å²) >= 11 is 0. The molecule has 0 spiro atoms. The van der Waals surface area contributed by atoms with Gasteiger partial charge in [0.05, 0.1) is 18.2 Å². The van der Waals surface area contributed by atoms with Gasteiger partial charge in [0.2, 0.25) is 0 Å². The molecule has 0 aliphatic rings. The predicted molar refractivity (Wildman–Crippen MR) is 99.6 cm³/mol. The summed E-state index contributed by atoms with van der Waals surface area (Å²) in [7, 11) is 1.26. The number of nitro benzene ring substituents is 1. The van der Waals surface area contributed by atoms with Gasteiger partial charge in [0.1, 0.15) is 23.2 Å². The molecule has 2 heterocycles. The molecule has 10 nitrogen and oxygen atoms in total. The van der Waals surface area contributed by atoms with E-state index in [2.05, 4.69) is 20.5 Å². The van der Waals surface area contributed by atoms with E-state index in [1.807, 2.05) is 24.3 Å². The molecule has 28 heavy (non-hydrogen) atoms. The Morgan fingerprint density at radius 3 is 2.89 bits per heavy atom. The van der Waals surface area contributed by atoms with E-state index in [0.29, 0.717) is 28.1 Å². The third-order valence-electron chi connectivity index (χ3n) is 4.02. The summed E-state index contributed by atoms with van der Waals surface area (Å²) in [5.74, 6) is -0.603. The summed E-state index contributed by atoms with van der Waals surface area (Å²) in [4.78, 5) is 18.6. The molecule has 4 rings (SSSR count). The molecule has 2 aromatic heterocycles. The topological polar surface area (TPSA) is 139 Å². The lowest BCUT2D eigenvalue weighted by Crippen LogP contribution is -2.02. The highest BCUT2D eigenvalue weighted by Crippen LogP contribution is 2.34. The fourth-order valence-corrected chi connectivity index (χ4v) is 2.74. The van der Waals surface area contributed by atoms with Gasteiger partial charge in [0.15, 0.2) is 11.4 Å². The maximum absolute atomic E-state index is 11.9. The van der Waals surface area contributed by atoms with Gasteiger partial charge in [-0.05, 0) is 18.2 Å². The van der Waals surface area contributed by atoms with Crippen molar-refractivity contribution >= 4 is 39.8 Å². The number of furan rings is 1. The molecule has 0 aliphatic carbocycles. The van der Waals surface area contributed by atoms with Crippen molar-refractivity contribution in [2.75, 3.05) is 12.5 Å². The van der Waals surface area contributed by atoms with Gasteiger partial charge in [-0.3, -0.25) is 15.5 Å². The van der Waals surface area contributed by atoms with E-state index in [4.69, 9.17) is 9.15 Å². The molecule has 0 aliphatic heterocycles. The van der Waals surface area contributed by atoms with E-state index in [-0.39, 0.29) is 5.75 Å². The van der Waals surface area contributed by atoms with Gasteiger partial charge in [-0.15, -0.1) is 0 Å². The van der Waals surface area contributed by atoms with Crippen molar-refractivity contribution < 1.29 is 19.2 Å². The van der Waals surface area contributed by atoms with Crippen LogP contribution < -0.4 is 15.3 Å². The summed E-state index contributed by atoms with van der Waals surface area (Å²) in [6, 6.07) is 9.91. The number of anilines is 1. The van der Waals surface area contributed by atoms with Crippen LogP contribution in [0.1, 0.15) is 5.56 Å². The molecular formula is C18H12N5O5-. The van der Waals surface area contributed by atoms with Crippen LogP contribution in [0, 0.1) is 10.1 Å². The van der Waals surface area contributed by atoms with E-state index in [1.54, 1.807) is 0 Å². The van der Waals surface area contributed by atoms with Crippen LogP contribution in [0.15, 0.2) is 52.2 Å². The van der Waals surface area contributed by atoms with Crippen LogP contribution in [0.25, 0.3) is 22.1 Å². The summed E-state index contributed by atoms with van der Waals surface area (Å²) in [5.41, 5.74) is 4.18. The summed E-state index contributed by atoms with van der Waals surface area (Å²) in [6.07, 6.45) is 2.69. The number of aromatic nitrogens is 2. The van der Waals surface area contributed by atoms with Gasteiger partial charge < -0.3 is 14.3 Å². The van der Waals surface area contributed by atoms with Crippen molar-refractivity contribution in [3.8, 4) is 11.5 Å². The molecule has 140 valence electrons. The molecule has 0 saturated carbocycles. The Hall–Kier alpha value is -4.21. The average molecular weight is 378 g/mol. The van der Waals surface area contributed by atoms with Crippen molar-refractivity contribution in [1.29, 1.82) is 0 Å². The minimum absolute atomic E-state index is 0.141. The number of nitrogens with zero attached hydrogens (tertiary/aromatic N) is 4. The monoisotopic (exact) mass is 378 g/mol. The third-order valence-corrected chi connectivity index (χ3v) is 4.02. The summed E-state index contributed by atoms with van der Waals surface area (Å²) < 4.78 is 10.7. The zero-order valence-electron chi connectivity index (χ0n) is 14.4. The Morgan fingerprint density at radius 1 is 1.29 bits per heavy atom. The van der Waals surface area contributed by atoms with E-state index in [1.165, 1.54) is 25.7 Å². The maximum Gasteiger partial charge on any atom is 0.266 e. The molecular weight excluding hydrogens is 366 g/mol. The van der Waals surface area contributed by atoms with Gasteiger partial charge in [-0.1, -0.05) is 12.1 Å². The first-order valence-electron chi connectivity index (χ1n) is 8.03. The second kappa shape index (κ2) is 6.83. The van der Waals surface area contributed by atoms with E-state index in [0.717, 1.165) is 11.5 Å². The average Bonchev–Trinajstić information content (AvgIpc) is 3.08. The van der Waals surface area contributed by atoms with E-state index in [9.17, 15) is 15.2 Å². The molecule has 0 radical (unpaired) electrons. The van der Waals surface area contributed by atoms with Crippen molar-refractivity contribution in [2.45, 2.75) is 0 Å². The van der Waals surface area contributed by atoms with Gasteiger partial charge in [-0.2, -0.15) is 5.10 Å². The molecule has 0 atom stereocenters. The van der Waals surface area contributed by atoms with Gasteiger partial charge >= 0.3 is 0 Å². The number of hydrazone groups is 1. The molecule has 0 unspecified atom stereocenters. The number of ether oxygens (including phenoxy) is 1. The number of para-hydroxylation sites is 1. The molecule has 1 N–H and O–H groups in total. The summed E-state index contributed by atoms with van der Waals surface area (Å²) in [6.45, 7) is 0. The Morgan fingerprint density at radius 2 is 2.11 bits per heavy atom. The number of methoxy groups -OCH3 is 1. The SMILES string of the molecule is COc1cc(/C=N\Nc2ncnc3c2oc2ccccc23)cc([N+](=O)[O-])c1[O-]. The Bertz CT molecular complexity index is 1230. The third kappa shape index (κ3) is 2.92. The molecule has 2 aromatic carbocycles. The van der Waals surface area contributed by atoms with Crippen LogP contribution in [0.2, 0.25) is 0 Å². The van der Waals surface area contributed by atoms with Crippen molar-refractivity contribution in [3.05, 3.63) is 58.4 Å². The van der Waals surface area contributed by atoms with Crippen LogP contribution in [-0.4, -0.2) is 28.2 Å². The fourth-order valence-electron chi connectivity index (χ4n) is 2.74. The smallest absolute Gasteiger partial charge is 0.266 e. The quantitative estimate of drug-likeness (QED) is 0.318. The first kappa shape index (κ1) is 17.2. The number of hydrogen-bond acceptors (Lipinski definition) is 9. The normalized spacial score (nSPS) is 11.3. The number of fused-ring (bicyclic) bond motifs is 3. The minimum Gasteiger partial charge on any atom is -0.865 e. The molecule has 0 saturated heterocycles. The predicted octanol–water partition coefficient (Wildman–Crippen LogP) is 2.81. The zero-order chi connectivity index (χ0) is 19.7. The number of nitro groups is 1. The molecule has 0 bridgehead atoms. The highest BCUT2D eigenvalue weighted by Gasteiger charge is 2.14. The Balaban J connectivity index is 1.67. The highest BCUT2D eigenvalue weighted by atomic mass is 16.6.